The third-order valence-electron chi connectivity index (χ3n) is 3.33. The fourth-order valence-corrected chi connectivity index (χ4v) is 2.58. The maximum absolute atomic E-state index is 12.4. The summed E-state index contributed by atoms with van der Waals surface area (Å²) in [5.74, 6) is -0.548. The van der Waals surface area contributed by atoms with Gasteiger partial charge >= 0.3 is 12.1 Å². The van der Waals surface area contributed by atoms with E-state index in [9.17, 15) is 9.59 Å². The summed E-state index contributed by atoms with van der Waals surface area (Å²) in [7, 11) is 0. The molecule has 1 aromatic rings. The fourth-order valence-electron chi connectivity index (χ4n) is 2.47. The number of amides is 1. The summed E-state index contributed by atoms with van der Waals surface area (Å²) in [6.07, 6.45) is 0.138. The van der Waals surface area contributed by atoms with Gasteiger partial charge in [0, 0.05) is 6.54 Å². The van der Waals surface area contributed by atoms with E-state index in [-0.39, 0.29) is 6.07 Å². The molecule has 1 aliphatic rings. The molecule has 5 nitrogen and oxygen atoms in total. The molecule has 1 amide bonds. The highest BCUT2D eigenvalue weighted by atomic mass is 35.5. The minimum Gasteiger partial charge on any atom is -0.448 e. The first-order chi connectivity index (χ1) is 10.3. The number of ether oxygens (including phenoxy) is 2. The van der Waals surface area contributed by atoms with Crippen molar-refractivity contribution in [3.05, 3.63) is 35.4 Å². The van der Waals surface area contributed by atoms with Crippen molar-refractivity contribution < 1.29 is 19.1 Å². The maximum atomic E-state index is 12.4. The third kappa shape index (κ3) is 3.71. The number of hydrogen-bond donors (Lipinski definition) is 0. The lowest BCUT2D eigenvalue weighted by molar-refractivity contribution is -0.148. The second-order valence-corrected chi connectivity index (χ2v) is 6.32. The van der Waals surface area contributed by atoms with E-state index in [1.165, 1.54) is 4.90 Å². The first-order valence-corrected chi connectivity index (χ1v) is 7.67. The predicted octanol–water partition coefficient (Wildman–Crippen LogP) is 3.26. The summed E-state index contributed by atoms with van der Waals surface area (Å²) < 4.78 is 10.3. The number of benzene rings is 1. The van der Waals surface area contributed by atoms with E-state index in [2.05, 4.69) is 0 Å². The van der Waals surface area contributed by atoms with Crippen molar-refractivity contribution in [2.24, 2.45) is 0 Å². The highest BCUT2D eigenvalue weighted by Gasteiger charge is 2.38. The van der Waals surface area contributed by atoms with Crippen LogP contribution in [0, 0.1) is 0 Å². The molecule has 0 spiro atoms. The fraction of sp³-hybridized carbons (Fsp3) is 0.500. The van der Waals surface area contributed by atoms with Gasteiger partial charge in [-0.3, -0.25) is 4.90 Å². The summed E-state index contributed by atoms with van der Waals surface area (Å²) in [6.45, 7) is 5.76. The Balaban J connectivity index is 2.33. The lowest BCUT2D eigenvalue weighted by atomic mass is 9.93. The van der Waals surface area contributed by atoms with Crippen molar-refractivity contribution >= 4 is 23.7 Å². The van der Waals surface area contributed by atoms with E-state index in [4.69, 9.17) is 21.1 Å². The second kappa shape index (κ2) is 6.57. The van der Waals surface area contributed by atoms with E-state index in [1.54, 1.807) is 20.8 Å². The quantitative estimate of drug-likeness (QED) is 0.618. The van der Waals surface area contributed by atoms with Gasteiger partial charge in [0.05, 0.1) is 0 Å². The molecule has 0 N–H and O–H groups in total. The SMILES string of the molecule is CC(C)(C)OC(=O)N1CCc2ccccc2C1C(=O)OCCl. The third-order valence-corrected chi connectivity index (χ3v) is 3.44. The van der Waals surface area contributed by atoms with Crippen LogP contribution in [-0.4, -0.2) is 35.2 Å². The van der Waals surface area contributed by atoms with Crippen molar-refractivity contribution in [1.82, 2.24) is 4.90 Å². The van der Waals surface area contributed by atoms with E-state index < -0.39 is 23.7 Å². The molecule has 0 aromatic heterocycles. The Morgan fingerprint density at radius 2 is 2.00 bits per heavy atom. The van der Waals surface area contributed by atoms with E-state index in [1.807, 2.05) is 24.3 Å². The number of halogens is 1. The molecule has 1 atom stereocenters. The Morgan fingerprint density at radius 3 is 2.64 bits per heavy atom. The van der Waals surface area contributed by atoms with Crippen LogP contribution < -0.4 is 0 Å². The van der Waals surface area contributed by atoms with Crippen molar-refractivity contribution in [2.45, 2.75) is 38.8 Å². The van der Waals surface area contributed by atoms with Crippen LogP contribution in [0.3, 0.4) is 0 Å². The number of carbonyl (C=O) groups is 2. The molecule has 0 aliphatic carbocycles. The summed E-state index contributed by atoms with van der Waals surface area (Å²) in [5.41, 5.74) is 1.16. The first kappa shape index (κ1) is 16.6. The maximum Gasteiger partial charge on any atom is 0.411 e. The molecule has 0 saturated carbocycles. The molecule has 1 aromatic carbocycles. The molecular weight excluding hydrogens is 306 g/mol. The Bertz CT molecular complexity index is 568. The van der Waals surface area contributed by atoms with Crippen LogP contribution in [0.5, 0.6) is 0 Å². The number of fused-ring (bicyclic) bond motifs is 1. The normalized spacial score (nSPS) is 17.6. The first-order valence-electron chi connectivity index (χ1n) is 7.13. The van der Waals surface area contributed by atoms with Gasteiger partial charge in [0.1, 0.15) is 5.60 Å². The van der Waals surface area contributed by atoms with Gasteiger partial charge in [-0.25, -0.2) is 9.59 Å². The van der Waals surface area contributed by atoms with Gasteiger partial charge in [0.2, 0.25) is 0 Å². The van der Waals surface area contributed by atoms with Crippen LogP contribution in [0.15, 0.2) is 24.3 Å². The average Bonchev–Trinajstić information content (AvgIpc) is 2.44. The Kier molecular flexibility index (Phi) is 4.96. The molecule has 0 radical (unpaired) electrons. The van der Waals surface area contributed by atoms with Gasteiger partial charge in [-0.1, -0.05) is 35.9 Å². The van der Waals surface area contributed by atoms with Gasteiger partial charge in [0.25, 0.3) is 0 Å². The molecule has 0 bridgehead atoms. The Hall–Kier alpha value is -1.75. The van der Waals surface area contributed by atoms with Crippen LogP contribution in [-0.2, 0) is 20.7 Å². The number of esters is 1. The standard InChI is InChI=1S/C16H20ClNO4/c1-16(2,3)22-15(20)18-9-8-11-6-4-5-7-12(11)13(18)14(19)21-10-17/h4-7,13H,8-10H2,1-3H3. The lowest BCUT2D eigenvalue weighted by Gasteiger charge is -2.36. The number of alkyl halides is 1. The van der Waals surface area contributed by atoms with E-state index in [0.29, 0.717) is 13.0 Å². The monoisotopic (exact) mass is 325 g/mol. The molecule has 22 heavy (non-hydrogen) atoms. The topological polar surface area (TPSA) is 55.8 Å². The Morgan fingerprint density at radius 1 is 1.32 bits per heavy atom. The van der Waals surface area contributed by atoms with E-state index >= 15 is 0 Å². The summed E-state index contributed by atoms with van der Waals surface area (Å²) >= 11 is 5.50. The van der Waals surface area contributed by atoms with Crippen LogP contribution in [0.25, 0.3) is 0 Å². The molecule has 0 fully saturated rings. The minimum absolute atomic E-state index is 0.250. The predicted molar refractivity (Wildman–Crippen MR) is 82.6 cm³/mol. The molecule has 120 valence electrons. The minimum atomic E-state index is -0.821. The largest absolute Gasteiger partial charge is 0.448 e. The van der Waals surface area contributed by atoms with Crippen LogP contribution in [0.4, 0.5) is 4.79 Å². The number of rotatable bonds is 2. The zero-order valence-corrected chi connectivity index (χ0v) is 13.7. The van der Waals surface area contributed by atoms with Crippen molar-refractivity contribution in [1.29, 1.82) is 0 Å². The van der Waals surface area contributed by atoms with Gasteiger partial charge < -0.3 is 9.47 Å². The van der Waals surface area contributed by atoms with Crippen molar-refractivity contribution in [2.75, 3.05) is 12.6 Å². The van der Waals surface area contributed by atoms with Crippen molar-refractivity contribution in [3.8, 4) is 0 Å². The number of carbonyl (C=O) groups excluding carboxylic acids is 2. The van der Waals surface area contributed by atoms with Crippen LogP contribution >= 0.6 is 11.6 Å². The van der Waals surface area contributed by atoms with Crippen molar-refractivity contribution in [3.63, 3.8) is 0 Å². The molecule has 1 unspecified atom stereocenters. The van der Waals surface area contributed by atoms with Crippen LogP contribution in [0.1, 0.15) is 37.9 Å². The lowest BCUT2D eigenvalue weighted by Crippen LogP contribution is -2.46. The molecule has 1 heterocycles. The zero-order valence-electron chi connectivity index (χ0n) is 13.0. The van der Waals surface area contributed by atoms with Gasteiger partial charge in [-0.2, -0.15) is 0 Å². The summed E-state index contributed by atoms with van der Waals surface area (Å²) in [4.78, 5) is 26.1. The number of nitrogens with zero attached hydrogens (tertiary/aromatic N) is 1. The van der Waals surface area contributed by atoms with Gasteiger partial charge in [-0.05, 0) is 38.3 Å². The molecule has 2 rings (SSSR count). The van der Waals surface area contributed by atoms with Gasteiger partial charge in [-0.15, -0.1) is 0 Å². The second-order valence-electron chi connectivity index (χ2n) is 6.10. The highest BCUT2D eigenvalue weighted by molar-refractivity contribution is 6.17. The van der Waals surface area contributed by atoms with Crippen LogP contribution in [0.2, 0.25) is 0 Å². The smallest absolute Gasteiger partial charge is 0.411 e. The highest BCUT2D eigenvalue weighted by Crippen LogP contribution is 2.32. The molecular formula is C16H20ClNO4. The molecule has 0 saturated heterocycles. The van der Waals surface area contributed by atoms with Gasteiger partial charge in [0.15, 0.2) is 12.1 Å². The zero-order chi connectivity index (χ0) is 16.3. The van der Waals surface area contributed by atoms with E-state index in [0.717, 1.165) is 11.1 Å². The Labute approximate surface area is 135 Å². The molecule has 6 heteroatoms. The number of hydrogen-bond acceptors (Lipinski definition) is 4. The summed E-state index contributed by atoms with van der Waals surface area (Å²) in [5, 5.41) is 0. The average molecular weight is 326 g/mol. The molecule has 1 aliphatic heterocycles. The summed E-state index contributed by atoms with van der Waals surface area (Å²) in [6, 6.07) is 6.44.